The van der Waals surface area contributed by atoms with Gasteiger partial charge in [0.2, 0.25) is 0 Å². The molecule has 0 radical (unpaired) electrons. The molecule has 2 aliphatic rings. The highest BCUT2D eigenvalue weighted by atomic mass is 32.1. The Kier molecular flexibility index (Phi) is 5.11. The molecule has 1 aromatic heterocycles. The molecule has 3 heterocycles. The Morgan fingerprint density at radius 1 is 1.17 bits per heavy atom. The number of hydrogen-bond acceptors (Lipinski definition) is 5. The number of thiazole rings is 1. The van der Waals surface area contributed by atoms with Gasteiger partial charge in [0.05, 0.1) is 25.0 Å². The monoisotopic (exact) mass is 344 g/mol. The fourth-order valence-corrected chi connectivity index (χ4v) is 4.24. The number of rotatable bonds is 5. The Balaban J connectivity index is 1.29. The van der Waals surface area contributed by atoms with Crippen LogP contribution in [0.5, 0.6) is 0 Å². The maximum Gasteiger partial charge on any atom is 0.185 e. The second-order valence-electron chi connectivity index (χ2n) is 6.63. The van der Waals surface area contributed by atoms with Gasteiger partial charge in [-0.2, -0.15) is 0 Å². The Bertz CT molecular complexity index is 632. The fraction of sp³-hybridized carbons (Fsp3) is 0.526. The lowest BCUT2D eigenvalue weighted by Gasteiger charge is -2.32. The summed E-state index contributed by atoms with van der Waals surface area (Å²) < 4.78 is 11.5. The molecular weight excluding hydrogens is 320 g/mol. The van der Waals surface area contributed by atoms with E-state index < -0.39 is 0 Å². The van der Waals surface area contributed by atoms with E-state index in [1.165, 1.54) is 5.56 Å². The molecule has 128 valence electrons. The molecule has 4 nitrogen and oxygen atoms in total. The van der Waals surface area contributed by atoms with E-state index in [2.05, 4.69) is 34.5 Å². The van der Waals surface area contributed by atoms with Crippen molar-refractivity contribution in [1.82, 2.24) is 4.98 Å². The molecule has 0 aliphatic carbocycles. The number of piperidine rings is 1. The zero-order valence-corrected chi connectivity index (χ0v) is 14.7. The van der Waals surface area contributed by atoms with Gasteiger partial charge >= 0.3 is 0 Å². The molecule has 0 amide bonds. The van der Waals surface area contributed by atoms with E-state index in [0.29, 0.717) is 12.0 Å². The largest absolute Gasteiger partial charge is 0.381 e. The first-order valence-corrected chi connectivity index (χ1v) is 9.72. The first-order valence-electron chi connectivity index (χ1n) is 8.84. The number of aromatic nitrogens is 1. The topological polar surface area (TPSA) is 34.6 Å². The van der Waals surface area contributed by atoms with Crippen molar-refractivity contribution in [2.75, 3.05) is 37.8 Å². The van der Waals surface area contributed by atoms with E-state index in [4.69, 9.17) is 14.5 Å². The molecule has 0 spiro atoms. The average Bonchev–Trinajstić information content (AvgIpc) is 3.33. The Labute approximate surface area is 147 Å². The van der Waals surface area contributed by atoms with Crippen molar-refractivity contribution in [2.24, 2.45) is 5.92 Å². The van der Waals surface area contributed by atoms with E-state index in [1.807, 2.05) is 6.07 Å². The van der Waals surface area contributed by atoms with Crippen LogP contribution in [0.15, 0.2) is 35.7 Å². The summed E-state index contributed by atoms with van der Waals surface area (Å²) in [6, 6.07) is 10.4. The smallest absolute Gasteiger partial charge is 0.185 e. The highest BCUT2D eigenvalue weighted by Gasteiger charge is 2.24. The van der Waals surface area contributed by atoms with Crippen LogP contribution < -0.4 is 4.90 Å². The van der Waals surface area contributed by atoms with Gasteiger partial charge in [-0.1, -0.05) is 30.3 Å². The average molecular weight is 344 g/mol. The van der Waals surface area contributed by atoms with E-state index in [0.717, 1.165) is 63.0 Å². The quantitative estimate of drug-likeness (QED) is 0.826. The van der Waals surface area contributed by atoms with E-state index in [1.54, 1.807) is 11.3 Å². The molecule has 1 aromatic carbocycles. The van der Waals surface area contributed by atoms with Gasteiger partial charge < -0.3 is 14.4 Å². The van der Waals surface area contributed by atoms with Gasteiger partial charge in [-0.25, -0.2) is 4.98 Å². The summed E-state index contributed by atoms with van der Waals surface area (Å²) in [4.78, 5) is 7.22. The molecule has 2 aliphatic heterocycles. The summed E-state index contributed by atoms with van der Waals surface area (Å²) in [7, 11) is 0. The van der Waals surface area contributed by atoms with Crippen molar-refractivity contribution in [1.29, 1.82) is 0 Å². The Morgan fingerprint density at radius 3 is 2.75 bits per heavy atom. The molecule has 1 atom stereocenters. The molecule has 0 saturated carbocycles. The third-order valence-corrected chi connectivity index (χ3v) is 5.77. The predicted molar refractivity (Wildman–Crippen MR) is 97.7 cm³/mol. The van der Waals surface area contributed by atoms with Crippen LogP contribution >= 0.6 is 11.3 Å². The fourth-order valence-electron chi connectivity index (χ4n) is 3.35. The zero-order chi connectivity index (χ0) is 16.2. The molecule has 0 N–H and O–H groups in total. The molecule has 5 heteroatoms. The summed E-state index contributed by atoms with van der Waals surface area (Å²) in [6.45, 7) is 4.71. The SMILES string of the molecule is c1ccc(-c2csc(N3CCC(OCC4CCOC4)CC3)n2)cc1. The van der Waals surface area contributed by atoms with Gasteiger partial charge in [0.15, 0.2) is 5.13 Å². The number of nitrogens with zero attached hydrogens (tertiary/aromatic N) is 2. The lowest BCUT2D eigenvalue weighted by Crippen LogP contribution is -2.37. The highest BCUT2D eigenvalue weighted by Crippen LogP contribution is 2.29. The molecule has 2 aromatic rings. The molecule has 24 heavy (non-hydrogen) atoms. The van der Waals surface area contributed by atoms with Crippen molar-refractivity contribution < 1.29 is 9.47 Å². The minimum Gasteiger partial charge on any atom is -0.381 e. The second kappa shape index (κ2) is 7.64. The van der Waals surface area contributed by atoms with E-state index >= 15 is 0 Å². The van der Waals surface area contributed by atoms with Crippen LogP contribution in [0.2, 0.25) is 0 Å². The third-order valence-electron chi connectivity index (χ3n) is 4.87. The molecule has 0 bridgehead atoms. The molecule has 4 rings (SSSR count). The summed E-state index contributed by atoms with van der Waals surface area (Å²) in [5.41, 5.74) is 2.27. The van der Waals surface area contributed by atoms with Crippen molar-refractivity contribution in [2.45, 2.75) is 25.4 Å². The Morgan fingerprint density at radius 2 is 2.00 bits per heavy atom. The molecular formula is C19H24N2O2S. The Hall–Kier alpha value is -1.43. The van der Waals surface area contributed by atoms with Gasteiger partial charge in [0.25, 0.3) is 0 Å². The number of anilines is 1. The maximum atomic E-state index is 6.10. The number of hydrogen-bond donors (Lipinski definition) is 0. The minimum absolute atomic E-state index is 0.399. The van der Waals surface area contributed by atoms with Gasteiger partial charge in [-0.3, -0.25) is 0 Å². The van der Waals surface area contributed by atoms with Crippen LogP contribution in [-0.4, -0.2) is 44.0 Å². The second-order valence-corrected chi connectivity index (χ2v) is 7.47. The normalized spacial score (nSPS) is 22.2. The standard InChI is InChI=1S/C19H24N2O2S/c1-2-4-16(5-3-1)18-14-24-19(20-18)21-9-6-17(7-10-21)23-13-15-8-11-22-12-15/h1-5,14-15,17H,6-13H2. The van der Waals surface area contributed by atoms with Crippen molar-refractivity contribution in [3.8, 4) is 11.3 Å². The number of benzene rings is 1. The lowest BCUT2D eigenvalue weighted by atomic mass is 10.1. The van der Waals surface area contributed by atoms with Crippen LogP contribution in [0, 0.1) is 5.92 Å². The van der Waals surface area contributed by atoms with Crippen LogP contribution in [0.25, 0.3) is 11.3 Å². The third kappa shape index (κ3) is 3.79. The zero-order valence-electron chi connectivity index (χ0n) is 13.9. The van der Waals surface area contributed by atoms with Gasteiger partial charge in [-0.05, 0) is 19.3 Å². The maximum absolute atomic E-state index is 6.10. The highest BCUT2D eigenvalue weighted by molar-refractivity contribution is 7.14. The summed E-state index contributed by atoms with van der Waals surface area (Å²) in [5.74, 6) is 0.607. The summed E-state index contributed by atoms with van der Waals surface area (Å²) in [6.07, 6.45) is 3.73. The lowest BCUT2D eigenvalue weighted by molar-refractivity contribution is 0.0132. The first-order chi connectivity index (χ1) is 11.9. The summed E-state index contributed by atoms with van der Waals surface area (Å²) in [5, 5.41) is 3.30. The van der Waals surface area contributed by atoms with E-state index in [9.17, 15) is 0 Å². The number of ether oxygens (including phenoxy) is 2. The van der Waals surface area contributed by atoms with Crippen molar-refractivity contribution >= 4 is 16.5 Å². The molecule has 2 saturated heterocycles. The van der Waals surface area contributed by atoms with Crippen LogP contribution in [0.1, 0.15) is 19.3 Å². The van der Waals surface area contributed by atoms with Crippen LogP contribution in [-0.2, 0) is 9.47 Å². The van der Waals surface area contributed by atoms with Gasteiger partial charge in [-0.15, -0.1) is 11.3 Å². The van der Waals surface area contributed by atoms with Crippen molar-refractivity contribution in [3.05, 3.63) is 35.7 Å². The predicted octanol–water partition coefficient (Wildman–Crippen LogP) is 3.83. The van der Waals surface area contributed by atoms with Gasteiger partial charge in [0, 0.05) is 36.6 Å². The summed E-state index contributed by atoms with van der Waals surface area (Å²) >= 11 is 1.74. The van der Waals surface area contributed by atoms with Crippen molar-refractivity contribution in [3.63, 3.8) is 0 Å². The van der Waals surface area contributed by atoms with Crippen LogP contribution in [0.4, 0.5) is 5.13 Å². The molecule has 2 fully saturated rings. The van der Waals surface area contributed by atoms with E-state index in [-0.39, 0.29) is 0 Å². The van der Waals surface area contributed by atoms with Crippen LogP contribution in [0.3, 0.4) is 0 Å². The minimum atomic E-state index is 0.399. The first kappa shape index (κ1) is 16.1. The molecule has 1 unspecified atom stereocenters. The van der Waals surface area contributed by atoms with Gasteiger partial charge in [0.1, 0.15) is 0 Å².